The SMILES string of the molecule is Brc1cccc(Cn2cc(-c3ccccc3Br)cn2)c1. The number of nitrogens with zero attached hydrogens (tertiary/aromatic N) is 2. The highest BCUT2D eigenvalue weighted by Crippen LogP contribution is 2.27. The Hall–Kier alpha value is -1.39. The molecular weight excluding hydrogens is 380 g/mol. The van der Waals surface area contributed by atoms with E-state index in [1.165, 1.54) is 5.56 Å². The molecule has 1 aromatic heterocycles. The molecular formula is C16H12Br2N2. The van der Waals surface area contributed by atoms with Crippen molar-refractivity contribution in [2.75, 3.05) is 0 Å². The molecule has 0 saturated heterocycles. The second kappa shape index (κ2) is 5.94. The molecule has 100 valence electrons. The lowest BCUT2D eigenvalue weighted by atomic mass is 10.1. The first-order valence-electron chi connectivity index (χ1n) is 6.24. The highest BCUT2D eigenvalue weighted by atomic mass is 79.9. The van der Waals surface area contributed by atoms with Crippen molar-refractivity contribution in [2.45, 2.75) is 6.54 Å². The van der Waals surface area contributed by atoms with Gasteiger partial charge in [-0.15, -0.1) is 0 Å². The van der Waals surface area contributed by atoms with Gasteiger partial charge in [-0.1, -0.05) is 62.2 Å². The Bertz CT molecular complexity index is 735. The quantitative estimate of drug-likeness (QED) is 0.605. The lowest BCUT2D eigenvalue weighted by Crippen LogP contribution is -1.99. The van der Waals surface area contributed by atoms with Crippen LogP contribution in [0.4, 0.5) is 0 Å². The van der Waals surface area contributed by atoms with Crippen LogP contribution in [0.1, 0.15) is 5.56 Å². The predicted octanol–water partition coefficient (Wildman–Crippen LogP) is 5.12. The molecule has 0 bridgehead atoms. The normalized spacial score (nSPS) is 10.7. The van der Waals surface area contributed by atoms with Crippen molar-refractivity contribution in [1.29, 1.82) is 0 Å². The second-order valence-electron chi connectivity index (χ2n) is 4.54. The van der Waals surface area contributed by atoms with Crippen LogP contribution in [0.15, 0.2) is 69.9 Å². The maximum atomic E-state index is 4.44. The number of halogens is 2. The Morgan fingerprint density at radius 3 is 2.65 bits per heavy atom. The first kappa shape index (κ1) is 13.6. The van der Waals surface area contributed by atoms with Gasteiger partial charge in [0.15, 0.2) is 0 Å². The first-order chi connectivity index (χ1) is 9.72. The molecule has 0 aliphatic rings. The van der Waals surface area contributed by atoms with Crippen LogP contribution >= 0.6 is 31.9 Å². The molecule has 0 amide bonds. The van der Waals surface area contributed by atoms with E-state index in [9.17, 15) is 0 Å². The number of benzene rings is 2. The second-order valence-corrected chi connectivity index (χ2v) is 6.31. The molecule has 20 heavy (non-hydrogen) atoms. The molecule has 0 saturated carbocycles. The molecule has 0 spiro atoms. The van der Waals surface area contributed by atoms with Crippen molar-refractivity contribution in [3.63, 3.8) is 0 Å². The smallest absolute Gasteiger partial charge is 0.0660 e. The lowest BCUT2D eigenvalue weighted by Gasteiger charge is -2.03. The van der Waals surface area contributed by atoms with Gasteiger partial charge in [0.25, 0.3) is 0 Å². The topological polar surface area (TPSA) is 17.8 Å². The summed E-state index contributed by atoms with van der Waals surface area (Å²) in [6.07, 6.45) is 3.97. The first-order valence-corrected chi connectivity index (χ1v) is 7.83. The van der Waals surface area contributed by atoms with E-state index in [2.05, 4.69) is 61.4 Å². The Morgan fingerprint density at radius 2 is 1.85 bits per heavy atom. The molecule has 2 aromatic carbocycles. The zero-order valence-corrected chi connectivity index (χ0v) is 13.8. The summed E-state index contributed by atoms with van der Waals surface area (Å²) in [7, 11) is 0. The monoisotopic (exact) mass is 390 g/mol. The Labute approximate surface area is 134 Å². The van der Waals surface area contributed by atoms with Crippen LogP contribution in [-0.4, -0.2) is 9.78 Å². The van der Waals surface area contributed by atoms with Crippen molar-refractivity contribution in [2.24, 2.45) is 0 Å². The number of rotatable bonds is 3. The van der Waals surface area contributed by atoms with E-state index in [1.807, 2.05) is 41.2 Å². The summed E-state index contributed by atoms with van der Waals surface area (Å²) in [5.41, 5.74) is 3.50. The van der Waals surface area contributed by atoms with E-state index in [0.29, 0.717) is 0 Å². The van der Waals surface area contributed by atoms with Gasteiger partial charge in [0.2, 0.25) is 0 Å². The van der Waals surface area contributed by atoms with Gasteiger partial charge >= 0.3 is 0 Å². The number of hydrogen-bond donors (Lipinski definition) is 0. The van der Waals surface area contributed by atoms with Gasteiger partial charge in [-0.2, -0.15) is 5.10 Å². The molecule has 0 atom stereocenters. The van der Waals surface area contributed by atoms with Crippen molar-refractivity contribution in [1.82, 2.24) is 9.78 Å². The highest BCUT2D eigenvalue weighted by molar-refractivity contribution is 9.10. The molecule has 0 fully saturated rings. The van der Waals surface area contributed by atoms with Crippen molar-refractivity contribution in [3.8, 4) is 11.1 Å². The van der Waals surface area contributed by atoms with Gasteiger partial charge in [-0.05, 0) is 29.3 Å². The van der Waals surface area contributed by atoms with Crippen molar-refractivity contribution in [3.05, 3.63) is 75.4 Å². The lowest BCUT2D eigenvalue weighted by molar-refractivity contribution is 0.687. The third-order valence-electron chi connectivity index (χ3n) is 3.05. The van der Waals surface area contributed by atoms with Gasteiger partial charge in [0, 0.05) is 20.7 Å². The van der Waals surface area contributed by atoms with Gasteiger partial charge in [-0.3, -0.25) is 4.68 Å². The molecule has 3 rings (SSSR count). The predicted molar refractivity (Wildman–Crippen MR) is 88.6 cm³/mol. The summed E-state index contributed by atoms with van der Waals surface area (Å²) >= 11 is 7.07. The van der Waals surface area contributed by atoms with Crippen molar-refractivity contribution < 1.29 is 0 Å². The summed E-state index contributed by atoms with van der Waals surface area (Å²) in [5, 5.41) is 4.44. The molecule has 0 unspecified atom stereocenters. The fraction of sp³-hybridized carbons (Fsp3) is 0.0625. The largest absolute Gasteiger partial charge is 0.268 e. The summed E-state index contributed by atoms with van der Waals surface area (Å²) in [5.74, 6) is 0. The third kappa shape index (κ3) is 3.02. The number of hydrogen-bond acceptors (Lipinski definition) is 1. The van der Waals surface area contributed by atoms with E-state index in [1.54, 1.807) is 0 Å². The van der Waals surface area contributed by atoms with Crippen LogP contribution in [0.2, 0.25) is 0 Å². The molecule has 0 aliphatic heterocycles. The summed E-state index contributed by atoms with van der Waals surface area (Å²) in [6.45, 7) is 0.768. The van der Waals surface area contributed by atoms with E-state index >= 15 is 0 Å². The average molecular weight is 392 g/mol. The molecule has 0 aliphatic carbocycles. The van der Waals surface area contributed by atoms with Gasteiger partial charge in [0.05, 0.1) is 12.7 Å². The van der Waals surface area contributed by atoms with E-state index in [-0.39, 0.29) is 0 Å². The highest BCUT2D eigenvalue weighted by Gasteiger charge is 2.05. The Kier molecular flexibility index (Phi) is 4.03. The molecule has 4 heteroatoms. The van der Waals surface area contributed by atoms with Gasteiger partial charge < -0.3 is 0 Å². The Balaban J connectivity index is 1.86. The fourth-order valence-electron chi connectivity index (χ4n) is 2.11. The minimum absolute atomic E-state index is 0.768. The zero-order valence-electron chi connectivity index (χ0n) is 10.6. The van der Waals surface area contributed by atoms with Crippen LogP contribution in [0.25, 0.3) is 11.1 Å². The third-order valence-corrected chi connectivity index (χ3v) is 4.24. The standard InChI is InChI=1S/C16H12Br2N2/c17-14-5-3-4-12(8-14)10-20-11-13(9-19-20)15-6-1-2-7-16(15)18/h1-9,11H,10H2. The van der Waals surface area contributed by atoms with Crippen LogP contribution in [0.3, 0.4) is 0 Å². The van der Waals surface area contributed by atoms with Crippen molar-refractivity contribution >= 4 is 31.9 Å². The summed E-state index contributed by atoms with van der Waals surface area (Å²) in [4.78, 5) is 0. The van der Waals surface area contributed by atoms with E-state index in [0.717, 1.165) is 26.6 Å². The maximum absolute atomic E-state index is 4.44. The summed E-state index contributed by atoms with van der Waals surface area (Å²) < 4.78 is 4.13. The zero-order chi connectivity index (χ0) is 13.9. The van der Waals surface area contributed by atoms with Gasteiger partial charge in [0.1, 0.15) is 0 Å². The van der Waals surface area contributed by atoms with Crippen LogP contribution in [-0.2, 0) is 6.54 Å². The molecule has 0 radical (unpaired) electrons. The molecule has 1 heterocycles. The van der Waals surface area contributed by atoms with Crippen LogP contribution < -0.4 is 0 Å². The fourth-order valence-corrected chi connectivity index (χ4v) is 3.07. The van der Waals surface area contributed by atoms with Gasteiger partial charge in [-0.25, -0.2) is 0 Å². The van der Waals surface area contributed by atoms with Crippen LogP contribution in [0.5, 0.6) is 0 Å². The molecule has 3 aromatic rings. The molecule has 2 nitrogen and oxygen atoms in total. The van der Waals surface area contributed by atoms with E-state index < -0.39 is 0 Å². The minimum Gasteiger partial charge on any atom is -0.268 e. The van der Waals surface area contributed by atoms with Crippen LogP contribution in [0, 0.1) is 0 Å². The Morgan fingerprint density at radius 1 is 1.00 bits per heavy atom. The molecule has 0 N–H and O–H groups in total. The average Bonchev–Trinajstić information content (AvgIpc) is 2.87. The van der Waals surface area contributed by atoms with E-state index in [4.69, 9.17) is 0 Å². The maximum Gasteiger partial charge on any atom is 0.0660 e. The minimum atomic E-state index is 0.768. The summed E-state index contributed by atoms with van der Waals surface area (Å²) in [6, 6.07) is 16.5. The number of aromatic nitrogens is 2.